The maximum atomic E-state index is 13.0. The van der Waals surface area contributed by atoms with Crippen LogP contribution in [0.1, 0.15) is 41.0 Å². The summed E-state index contributed by atoms with van der Waals surface area (Å²) in [6.45, 7) is 0.120. The number of hydrogen-bond donors (Lipinski definition) is 1. The van der Waals surface area contributed by atoms with E-state index >= 15 is 0 Å². The highest BCUT2D eigenvalue weighted by atomic mass is 32.1. The molecule has 0 fully saturated rings. The summed E-state index contributed by atoms with van der Waals surface area (Å²) in [6, 6.07) is 0. The predicted octanol–water partition coefficient (Wildman–Crippen LogP) is 4.28. The minimum absolute atomic E-state index is 0.0185. The quantitative estimate of drug-likeness (QED) is 0.475. The van der Waals surface area contributed by atoms with E-state index in [0.29, 0.717) is 6.20 Å². The molecule has 23 heavy (non-hydrogen) atoms. The van der Waals surface area contributed by atoms with Crippen LogP contribution in [0, 0.1) is 5.92 Å². The van der Waals surface area contributed by atoms with Gasteiger partial charge in [-0.3, -0.25) is 9.78 Å². The molecular formula is C13H12F5NO2S2. The molecule has 1 heterocycles. The average molecular weight is 373 g/mol. The van der Waals surface area contributed by atoms with Crippen LogP contribution in [0.25, 0.3) is 0 Å². The normalized spacial score (nSPS) is 11.9. The number of nitrogens with zero attached hydrogens (tertiary/aromatic N) is 1. The van der Waals surface area contributed by atoms with Gasteiger partial charge in [-0.25, -0.2) is 0 Å². The van der Waals surface area contributed by atoms with Crippen molar-refractivity contribution in [2.75, 3.05) is 0 Å². The highest BCUT2D eigenvalue weighted by Crippen LogP contribution is 2.34. The first-order valence-corrected chi connectivity index (χ1v) is 7.12. The molecule has 0 aliphatic carbocycles. The zero-order chi connectivity index (χ0) is 17.9. The Balaban J connectivity index is 3.63. The topological polar surface area (TPSA) is 39.2 Å². The van der Waals surface area contributed by atoms with Crippen LogP contribution in [0.2, 0.25) is 0 Å². The zero-order valence-corrected chi connectivity index (χ0v) is 13.7. The Labute approximate surface area is 139 Å². The van der Waals surface area contributed by atoms with Crippen molar-refractivity contribution in [3.63, 3.8) is 0 Å². The van der Waals surface area contributed by atoms with E-state index in [1.54, 1.807) is 13.8 Å². The Morgan fingerprint density at radius 1 is 1.39 bits per heavy atom. The summed E-state index contributed by atoms with van der Waals surface area (Å²) in [6.07, 6.45) is -4.23. The number of thiocarbonyl (C=S) groups is 1. The third-order valence-electron chi connectivity index (χ3n) is 2.70. The van der Waals surface area contributed by atoms with Gasteiger partial charge in [-0.1, -0.05) is 13.8 Å². The summed E-state index contributed by atoms with van der Waals surface area (Å²) in [5.74, 6) is -0.182. The molecule has 1 aromatic heterocycles. The number of hydrogen-bond acceptors (Lipinski definition) is 4. The Hall–Kier alpha value is -1.29. The van der Waals surface area contributed by atoms with Gasteiger partial charge in [0, 0.05) is 6.20 Å². The molecule has 0 saturated heterocycles. The number of carbonyl (C=O) groups is 1. The van der Waals surface area contributed by atoms with E-state index in [-0.39, 0.29) is 23.5 Å². The minimum atomic E-state index is -4.90. The lowest BCUT2D eigenvalue weighted by molar-refractivity contribution is -0.141. The lowest BCUT2D eigenvalue weighted by Crippen LogP contribution is -2.21. The molecule has 3 nitrogen and oxygen atoms in total. The summed E-state index contributed by atoms with van der Waals surface area (Å²) in [5, 5.41) is -1.91. The fourth-order valence-electron chi connectivity index (χ4n) is 1.94. The first-order chi connectivity index (χ1) is 10.4. The molecular weight excluding hydrogens is 361 g/mol. The molecule has 1 aromatic rings. The predicted molar refractivity (Wildman–Crippen MR) is 79.9 cm³/mol. The van der Waals surface area contributed by atoms with Crippen LogP contribution in [-0.2, 0) is 17.3 Å². The molecule has 0 amide bonds. The van der Waals surface area contributed by atoms with E-state index in [1.807, 2.05) is 0 Å². The SMILES string of the molecule is CC(C)Cc1c(C(=S)OC(F)F)cnc(C(F)(F)F)c1C(=O)S. The standard InChI is InChI=1S/C13H12F5NO2S2/c1-5(2)3-6-7(11(23)21-12(14)15)4-19-9(13(16,17)18)8(6)10(20)22/h4-5,12H,3H2,1-2H3,(H,20,22). The van der Waals surface area contributed by atoms with Gasteiger partial charge in [0.25, 0.3) is 0 Å². The lowest BCUT2D eigenvalue weighted by Gasteiger charge is -2.19. The second kappa shape index (κ2) is 7.52. The Morgan fingerprint density at radius 3 is 2.35 bits per heavy atom. The first-order valence-electron chi connectivity index (χ1n) is 6.26. The highest BCUT2D eigenvalue weighted by Gasteiger charge is 2.39. The molecule has 0 radical (unpaired) electrons. The van der Waals surface area contributed by atoms with Gasteiger partial charge in [0.1, 0.15) is 0 Å². The number of thiol groups is 1. The van der Waals surface area contributed by atoms with Gasteiger partial charge in [0.2, 0.25) is 5.12 Å². The van der Waals surface area contributed by atoms with Gasteiger partial charge in [-0.2, -0.15) is 22.0 Å². The smallest absolute Gasteiger partial charge is 0.423 e. The maximum absolute atomic E-state index is 13.0. The summed E-state index contributed by atoms with van der Waals surface area (Å²) >= 11 is 8.12. The van der Waals surface area contributed by atoms with E-state index in [1.165, 1.54) is 0 Å². The molecule has 0 saturated carbocycles. The van der Waals surface area contributed by atoms with Crippen LogP contribution in [0.3, 0.4) is 0 Å². The Bertz CT molecular complexity index is 617. The van der Waals surface area contributed by atoms with E-state index in [9.17, 15) is 26.7 Å². The number of pyridine rings is 1. The highest BCUT2D eigenvalue weighted by molar-refractivity contribution is 7.97. The summed E-state index contributed by atoms with van der Waals surface area (Å²) in [5.41, 5.74) is -2.64. The third kappa shape index (κ3) is 5.10. The molecule has 0 aliphatic rings. The summed E-state index contributed by atoms with van der Waals surface area (Å²) in [7, 11) is 0. The molecule has 10 heteroatoms. The van der Waals surface area contributed by atoms with Crippen molar-refractivity contribution in [1.82, 2.24) is 4.98 Å². The van der Waals surface area contributed by atoms with Crippen LogP contribution in [0.4, 0.5) is 22.0 Å². The van der Waals surface area contributed by atoms with Crippen molar-refractivity contribution in [3.05, 3.63) is 28.6 Å². The van der Waals surface area contributed by atoms with Gasteiger partial charge >= 0.3 is 12.8 Å². The summed E-state index contributed by atoms with van der Waals surface area (Å²) in [4.78, 5) is 14.8. The number of ether oxygens (including phenoxy) is 1. The van der Waals surface area contributed by atoms with E-state index in [0.717, 1.165) is 0 Å². The van der Waals surface area contributed by atoms with Gasteiger partial charge < -0.3 is 4.74 Å². The molecule has 0 spiro atoms. The number of halogens is 5. The number of aromatic nitrogens is 1. The lowest BCUT2D eigenvalue weighted by atomic mass is 9.93. The Kier molecular flexibility index (Phi) is 6.46. The molecule has 0 unspecified atom stereocenters. The van der Waals surface area contributed by atoms with Crippen LogP contribution in [-0.4, -0.2) is 21.8 Å². The van der Waals surface area contributed by atoms with Crippen molar-refractivity contribution in [2.45, 2.75) is 33.1 Å². The van der Waals surface area contributed by atoms with Gasteiger partial charge in [0.05, 0.1) is 11.1 Å². The zero-order valence-electron chi connectivity index (χ0n) is 11.9. The number of rotatable bonds is 5. The number of carbonyl (C=O) groups excluding carboxylic acids is 1. The third-order valence-corrected chi connectivity index (χ3v) is 3.24. The fraction of sp³-hybridized carbons (Fsp3) is 0.462. The van der Waals surface area contributed by atoms with Crippen LogP contribution < -0.4 is 0 Å². The van der Waals surface area contributed by atoms with Gasteiger partial charge in [-0.05, 0) is 30.1 Å². The van der Waals surface area contributed by atoms with Crippen molar-refractivity contribution in [1.29, 1.82) is 0 Å². The van der Waals surface area contributed by atoms with E-state index in [2.05, 4.69) is 34.6 Å². The van der Waals surface area contributed by atoms with Crippen molar-refractivity contribution < 1.29 is 31.5 Å². The van der Waals surface area contributed by atoms with Gasteiger partial charge in [-0.15, -0.1) is 12.6 Å². The van der Waals surface area contributed by atoms with E-state index in [4.69, 9.17) is 0 Å². The second-order valence-electron chi connectivity index (χ2n) is 4.94. The first kappa shape index (κ1) is 19.8. The number of alkyl halides is 5. The monoisotopic (exact) mass is 373 g/mol. The average Bonchev–Trinajstić information content (AvgIpc) is 2.34. The fourth-order valence-corrected chi connectivity index (χ4v) is 2.42. The van der Waals surface area contributed by atoms with E-state index < -0.39 is 34.2 Å². The minimum Gasteiger partial charge on any atom is -0.423 e. The van der Waals surface area contributed by atoms with Crippen molar-refractivity contribution >= 4 is 35.0 Å². The van der Waals surface area contributed by atoms with Crippen molar-refractivity contribution in [2.24, 2.45) is 5.92 Å². The van der Waals surface area contributed by atoms with Crippen molar-refractivity contribution in [3.8, 4) is 0 Å². The maximum Gasteiger partial charge on any atom is 0.434 e. The largest absolute Gasteiger partial charge is 0.434 e. The molecule has 0 atom stereocenters. The van der Waals surface area contributed by atoms with Crippen LogP contribution >= 0.6 is 24.8 Å². The van der Waals surface area contributed by atoms with Crippen LogP contribution in [0.15, 0.2) is 6.20 Å². The van der Waals surface area contributed by atoms with Gasteiger partial charge in [0.15, 0.2) is 10.7 Å². The van der Waals surface area contributed by atoms with Crippen LogP contribution in [0.5, 0.6) is 0 Å². The molecule has 0 N–H and O–H groups in total. The Morgan fingerprint density at radius 2 is 1.96 bits per heavy atom. The summed E-state index contributed by atoms with van der Waals surface area (Å²) < 4.78 is 67.8. The molecule has 0 aliphatic heterocycles. The molecule has 0 bridgehead atoms. The second-order valence-corrected chi connectivity index (χ2v) is 5.72. The molecule has 0 aromatic carbocycles. The molecule has 1 rings (SSSR count). The molecule has 128 valence electrons.